The predicted molar refractivity (Wildman–Crippen MR) is 70.0 cm³/mol. The molecule has 92 valence electrons. The first-order chi connectivity index (χ1) is 7.76. The first kappa shape index (κ1) is 12.4. The molecule has 2 fully saturated rings. The Balaban J connectivity index is 2.09. The lowest BCUT2D eigenvalue weighted by atomic mass is 9.82. The molecule has 2 bridgehead atoms. The molecule has 2 heterocycles. The second-order valence-corrected chi connectivity index (χ2v) is 6.06. The molecule has 0 radical (unpaired) electrons. The fourth-order valence-corrected chi connectivity index (χ4v) is 4.21. The van der Waals surface area contributed by atoms with E-state index in [1.54, 1.807) is 0 Å². The average Bonchev–Trinajstić information content (AvgIpc) is 2.25. The van der Waals surface area contributed by atoms with Crippen LogP contribution in [0.15, 0.2) is 0 Å². The zero-order valence-corrected chi connectivity index (χ0v) is 11.3. The van der Waals surface area contributed by atoms with Gasteiger partial charge in [0.1, 0.15) is 5.78 Å². The number of ketones is 1. The predicted octanol–water partition coefficient (Wildman–Crippen LogP) is 2.71. The van der Waals surface area contributed by atoms with Crippen LogP contribution in [-0.4, -0.2) is 40.8 Å². The van der Waals surface area contributed by atoms with Gasteiger partial charge in [-0.15, -0.1) is 0 Å². The SMILES string of the molecule is CCC(CSC)N1C2CCCC1CC(=O)C2. The Morgan fingerprint density at radius 2 is 2.00 bits per heavy atom. The molecular formula is C13H23NOS. The molecule has 3 heteroatoms. The fraction of sp³-hybridized carbons (Fsp3) is 0.923. The number of nitrogens with zero attached hydrogens (tertiary/aromatic N) is 1. The number of fused-ring (bicyclic) bond motifs is 2. The van der Waals surface area contributed by atoms with E-state index >= 15 is 0 Å². The van der Waals surface area contributed by atoms with Crippen molar-refractivity contribution in [1.29, 1.82) is 0 Å². The Morgan fingerprint density at radius 3 is 2.50 bits per heavy atom. The van der Waals surface area contributed by atoms with Gasteiger partial charge in [-0.25, -0.2) is 0 Å². The van der Waals surface area contributed by atoms with Crippen LogP contribution in [0.2, 0.25) is 0 Å². The maximum Gasteiger partial charge on any atom is 0.136 e. The maximum atomic E-state index is 11.7. The summed E-state index contributed by atoms with van der Waals surface area (Å²) >= 11 is 1.94. The lowest BCUT2D eigenvalue weighted by molar-refractivity contribution is -0.128. The Bertz CT molecular complexity index is 240. The highest BCUT2D eigenvalue weighted by Crippen LogP contribution is 2.35. The van der Waals surface area contributed by atoms with Crippen molar-refractivity contribution in [2.75, 3.05) is 12.0 Å². The topological polar surface area (TPSA) is 20.3 Å². The van der Waals surface area contributed by atoms with Crippen molar-refractivity contribution in [2.45, 2.75) is 63.6 Å². The second kappa shape index (κ2) is 5.54. The van der Waals surface area contributed by atoms with Crippen molar-refractivity contribution < 1.29 is 4.79 Å². The summed E-state index contributed by atoms with van der Waals surface area (Å²) in [4.78, 5) is 14.4. The summed E-state index contributed by atoms with van der Waals surface area (Å²) in [5.41, 5.74) is 0. The van der Waals surface area contributed by atoms with Crippen LogP contribution in [0, 0.1) is 0 Å². The smallest absolute Gasteiger partial charge is 0.136 e. The minimum Gasteiger partial charge on any atom is -0.300 e. The first-order valence-electron chi connectivity index (χ1n) is 6.54. The fourth-order valence-electron chi connectivity index (χ4n) is 3.41. The number of carbonyl (C=O) groups is 1. The van der Waals surface area contributed by atoms with Gasteiger partial charge in [-0.1, -0.05) is 13.3 Å². The Kier molecular flexibility index (Phi) is 4.31. The van der Waals surface area contributed by atoms with Crippen LogP contribution in [0.25, 0.3) is 0 Å². The van der Waals surface area contributed by atoms with Crippen molar-refractivity contribution in [3.05, 3.63) is 0 Å². The molecule has 2 nitrogen and oxygen atoms in total. The largest absolute Gasteiger partial charge is 0.300 e. The molecule has 0 spiro atoms. The molecule has 0 amide bonds. The molecular weight excluding hydrogens is 218 g/mol. The molecule has 0 aromatic carbocycles. The average molecular weight is 241 g/mol. The van der Waals surface area contributed by atoms with Gasteiger partial charge in [-0.3, -0.25) is 9.69 Å². The number of hydrogen-bond acceptors (Lipinski definition) is 3. The van der Waals surface area contributed by atoms with Crippen molar-refractivity contribution in [3.8, 4) is 0 Å². The van der Waals surface area contributed by atoms with E-state index in [-0.39, 0.29) is 0 Å². The van der Waals surface area contributed by atoms with Gasteiger partial charge in [0.2, 0.25) is 0 Å². The van der Waals surface area contributed by atoms with Crippen molar-refractivity contribution in [1.82, 2.24) is 4.90 Å². The Hall–Kier alpha value is -0.0200. The molecule has 2 rings (SSSR count). The van der Waals surface area contributed by atoms with Crippen molar-refractivity contribution in [2.24, 2.45) is 0 Å². The van der Waals surface area contributed by atoms with Gasteiger partial charge in [-0.05, 0) is 25.5 Å². The van der Waals surface area contributed by atoms with Crippen molar-refractivity contribution in [3.63, 3.8) is 0 Å². The summed E-state index contributed by atoms with van der Waals surface area (Å²) in [6.45, 7) is 2.28. The van der Waals surface area contributed by atoms with Gasteiger partial charge < -0.3 is 0 Å². The number of rotatable bonds is 4. The van der Waals surface area contributed by atoms with E-state index in [0.717, 1.165) is 12.8 Å². The summed E-state index contributed by atoms with van der Waals surface area (Å²) in [6.07, 6.45) is 8.87. The molecule has 2 aliphatic heterocycles. The highest BCUT2D eigenvalue weighted by Gasteiger charge is 2.40. The molecule has 2 saturated heterocycles. The van der Waals surface area contributed by atoms with Gasteiger partial charge in [0.25, 0.3) is 0 Å². The summed E-state index contributed by atoms with van der Waals surface area (Å²) in [7, 11) is 0. The van der Waals surface area contributed by atoms with E-state index < -0.39 is 0 Å². The molecule has 16 heavy (non-hydrogen) atoms. The highest BCUT2D eigenvalue weighted by atomic mass is 32.2. The lowest BCUT2D eigenvalue weighted by Gasteiger charge is -2.49. The third-order valence-corrected chi connectivity index (χ3v) is 4.81. The van der Waals surface area contributed by atoms with Gasteiger partial charge in [-0.2, -0.15) is 11.8 Å². The van der Waals surface area contributed by atoms with Crippen LogP contribution in [0.3, 0.4) is 0 Å². The molecule has 0 aromatic heterocycles. The Morgan fingerprint density at radius 1 is 1.38 bits per heavy atom. The number of thioether (sulfide) groups is 1. The molecule has 2 aliphatic rings. The minimum absolute atomic E-state index is 0.505. The minimum atomic E-state index is 0.505. The zero-order chi connectivity index (χ0) is 11.5. The van der Waals surface area contributed by atoms with E-state index in [1.165, 1.54) is 31.4 Å². The van der Waals surface area contributed by atoms with Crippen LogP contribution in [-0.2, 0) is 4.79 Å². The first-order valence-corrected chi connectivity index (χ1v) is 7.93. The summed E-state index contributed by atoms with van der Waals surface area (Å²) in [5.74, 6) is 1.72. The zero-order valence-electron chi connectivity index (χ0n) is 10.4. The lowest BCUT2D eigenvalue weighted by Crippen LogP contribution is -2.57. The Labute approximate surface area is 103 Å². The third kappa shape index (κ3) is 2.45. The number of piperidine rings is 2. The van der Waals surface area contributed by atoms with Crippen LogP contribution >= 0.6 is 11.8 Å². The standard InChI is InChI=1S/C13H23NOS/c1-3-10(9-16-2)14-11-5-4-6-12(14)8-13(15)7-11/h10-12H,3-9H2,1-2H3. The summed E-state index contributed by atoms with van der Waals surface area (Å²) in [6, 6.07) is 1.83. The molecule has 0 saturated carbocycles. The van der Waals surface area contributed by atoms with Gasteiger partial charge in [0.05, 0.1) is 0 Å². The summed E-state index contributed by atoms with van der Waals surface area (Å²) < 4.78 is 0. The highest BCUT2D eigenvalue weighted by molar-refractivity contribution is 7.98. The normalized spacial score (nSPS) is 32.8. The molecule has 0 aromatic rings. The monoisotopic (exact) mass is 241 g/mol. The number of hydrogen-bond donors (Lipinski definition) is 0. The van der Waals surface area contributed by atoms with Gasteiger partial charge >= 0.3 is 0 Å². The van der Waals surface area contributed by atoms with E-state index in [1.807, 2.05) is 11.8 Å². The van der Waals surface area contributed by atoms with E-state index in [4.69, 9.17) is 0 Å². The number of carbonyl (C=O) groups excluding carboxylic acids is 1. The van der Waals surface area contributed by atoms with Crippen LogP contribution < -0.4 is 0 Å². The summed E-state index contributed by atoms with van der Waals surface area (Å²) in [5, 5.41) is 0. The van der Waals surface area contributed by atoms with E-state index in [2.05, 4.69) is 18.1 Å². The molecule has 0 N–H and O–H groups in total. The van der Waals surface area contributed by atoms with E-state index in [0.29, 0.717) is 23.9 Å². The van der Waals surface area contributed by atoms with Crippen molar-refractivity contribution >= 4 is 17.5 Å². The molecule has 0 aliphatic carbocycles. The van der Waals surface area contributed by atoms with Crippen LogP contribution in [0.1, 0.15) is 45.4 Å². The molecule has 3 unspecified atom stereocenters. The van der Waals surface area contributed by atoms with Gasteiger partial charge in [0.15, 0.2) is 0 Å². The van der Waals surface area contributed by atoms with Crippen LogP contribution in [0.4, 0.5) is 0 Å². The maximum absolute atomic E-state index is 11.7. The third-order valence-electron chi connectivity index (χ3n) is 4.10. The van der Waals surface area contributed by atoms with E-state index in [9.17, 15) is 4.79 Å². The quantitative estimate of drug-likeness (QED) is 0.755. The number of Topliss-reactive ketones (excluding diaryl/α,β-unsaturated/α-hetero) is 1. The van der Waals surface area contributed by atoms with Crippen LogP contribution in [0.5, 0.6) is 0 Å². The van der Waals surface area contributed by atoms with Gasteiger partial charge in [0, 0.05) is 36.7 Å². The second-order valence-electron chi connectivity index (χ2n) is 5.15. The molecule has 3 atom stereocenters.